The number of benzene rings is 1. The van der Waals surface area contributed by atoms with E-state index in [1.54, 1.807) is 24.3 Å². The molecule has 1 amide bonds. The van der Waals surface area contributed by atoms with Crippen molar-refractivity contribution in [3.63, 3.8) is 0 Å². The van der Waals surface area contributed by atoms with Crippen molar-refractivity contribution in [2.24, 2.45) is 5.73 Å². The molecule has 1 aromatic rings. The van der Waals surface area contributed by atoms with Gasteiger partial charge in [0.1, 0.15) is 0 Å². The number of halogens is 3. The normalized spacial score (nSPS) is 15.1. The minimum atomic E-state index is -4.35. The first-order chi connectivity index (χ1) is 8.87. The molecule has 19 heavy (non-hydrogen) atoms. The van der Waals surface area contributed by atoms with Gasteiger partial charge in [0.15, 0.2) is 0 Å². The summed E-state index contributed by atoms with van der Waals surface area (Å²) in [5, 5.41) is 0. The van der Waals surface area contributed by atoms with Gasteiger partial charge in [-0.2, -0.15) is 13.2 Å². The fraction of sp³-hybridized carbons (Fsp3) is 0.154. The summed E-state index contributed by atoms with van der Waals surface area (Å²) in [7, 11) is 0. The van der Waals surface area contributed by atoms with Crippen molar-refractivity contribution in [3.05, 3.63) is 53.6 Å². The molecule has 0 fully saturated rings. The zero-order valence-electron chi connectivity index (χ0n) is 9.65. The Morgan fingerprint density at radius 3 is 2.37 bits per heavy atom. The van der Waals surface area contributed by atoms with E-state index in [9.17, 15) is 18.0 Å². The third-order valence-electron chi connectivity index (χ3n) is 2.63. The van der Waals surface area contributed by atoms with Crippen LogP contribution in [0.25, 0.3) is 0 Å². The first-order valence-electron chi connectivity index (χ1n) is 5.41. The van der Waals surface area contributed by atoms with Crippen LogP contribution in [0.5, 0.6) is 0 Å². The maximum Gasteiger partial charge on any atom is 0.446 e. The van der Waals surface area contributed by atoms with E-state index in [2.05, 4.69) is 0 Å². The second kappa shape index (κ2) is 5.13. The van der Waals surface area contributed by atoms with E-state index in [0.29, 0.717) is 5.56 Å². The Bertz CT molecular complexity index is 551. The van der Waals surface area contributed by atoms with E-state index in [4.69, 9.17) is 5.73 Å². The van der Waals surface area contributed by atoms with Gasteiger partial charge in [-0.25, -0.2) is 0 Å². The lowest BCUT2D eigenvalue weighted by atomic mass is 9.95. The molecule has 0 spiro atoms. The molecule has 1 aliphatic carbocycles. The molecule has 0 radical (unpaired) electrons. The highest BCUT2D eigenvalue weighted by Gasteiger charge is 2.30. The van der Waals surface area contributed by atoms with Gasteiger partial charge in [0.25, 0.3) is 0 Å². The first-order valence-corrected chi connectivity index (χ1v) is 6.23. The standard InChI is InChI=1S/C13H10F3NOS/c14-13(15,16)19-9-5-6-10(12(17)18)11(7-9)8-3-1-2-4-8/h1-8H,(H2,17,18). The van der Waals surface area contributed by atoms with Gasteiger partial charge >= 0.3 is 5.51 Å². The summed E-state index contributed by atoms with van der Waals surface area (Å²) in [4.78, 5) is 11.4. The highest BCUT2D eigenvalue weighted by atomic mass is 32.2. The molecule has 1 aromatic carbocycles. The molecule has 2 nitrogen and oxygen atoms in total. The Balaban J connectivity index is 2.41. The minimum Gasteiger partial charge on any atom is -0.366 e. The third kappa shape index (κ3) is 3.41. The average molecular weight is 285 g/mol. The molecule has 0 unspecified atom stereocenters. The number of carbonyl (C=O) groups is 1. The molecular weight excluding hydrogens is 275 g/mol. The lowest BCUT2D eigenvalue weighted by Gasteiger charge is -2.13. The van der Waals surface area contributed by atoms with E-state index in [0.717, 1.165) is 0 Å². The van der Waals surface area contributed by atoms with E-state index in [-0.39, 0.29) is 28.1 Å². The number of primary amides is 1. The van der Waals surface area contributed by atoms with Crippen LogP contribution in [0.2, 0.25) is 0 Å². The zero-order chi connectivity index (χ0) is 14.0. The smallest absolute Gasteiger partial charge is 0.366 e. The van der Waals surface area contributed by atoms with Gasteiger partial charge in [-0.15, -0.1) is 0 Å². The Kier molecular flexibility index (Phi) is 3.71. The van der Waals surface area contributed by atoms with Gasteiger partial charge in [0, 0.05) is 16.4 Å². The summed E-state index contributed by atoms with van der Waals surface area (Å²) in [5.74, 6) is -0.858. The van der Waals surface area contributed by atoms with Gasteiger partial charge in [-0.1, -0.05) is 24.3 Å². The number of alkyl halides is 3. The van der Waals surface area contributed by atoms with Crippen molar-refractivity contribution in [2.45, 2.75) is 16.3 Å². The highest BCUT2D eigenvalue weighted by molar-refractivity contribution is 8.00. The lowest BCUT2D eigenvalue weighted by Crippen LogP contribution is -2.14. The summed E-state index contributed by atoms with van der Waals surface area (Å²) in [6.07, 6.45) is 7.14. The Labute approximate surface area is 112 Å². The van der Waals surface area contributed by atoms with Crippen LogP contribution in [0, 0.1) is 0 Å². The molecule has 1 aliphatic rings. The average Bonchev–Trinajstić information content (AvgIpc) is 2.79. The number of amides is 1. The molecular formula is C13H10F3NOS. The number of nitrogens with two attached hydrogens (primary N) is 1. The van der Waals surface area contributed by atoms with E-state index in [1.807, 2.05) is 0 Å². The van der Waals surface area contributed by atoms with Crippen LogP contribution in [0.3, 0.4) is 0 Å². The van der Waals surface area contributed by atoms with Gasteiger partial charge in [0.05, 0.1) is 0 Å². The van der Waals surface area contributed by atoms with Crippen LogP contribution < -0.4 is 5.73 Å². The number of rotatable bonds is 3. The van der Waals surface area contributed by atoms with Crippen molar-refractivity contribution in [3.8, 4) is 0 Å². The number of hydrogen-bond acceptors (Lipinski definition) is 2. The molecule has 0 atom stereocenters. The number of hydrogen-bond donors (Lipinski definition) is 1. The first kappa shape index (κ1) is 13.7. The molecule has 0 bridgehead atoms. The summed E-state index contributed by atoms with van der Waals surface area (Å²) in [6, 6.07) is 3.96. The monoisotopic (exact) mass is 285 g/mol. The van der Waals surface area contributed by atoms with Crippen LogP contribution in [0.4, 0.5) is 13.2 Å². The number of thioether (sulfide) groups is 1. The number of carbonyl (C=O) groups excluding carboxylic acids is 1. The quantitative estimate of drug-likeness (QED) is 0.862. The second-order valence-electron chi connectivity index (χ2n) is 3.96. The maximum absolute atomic E-state index is 12.4. The Morgan fingerprint density at radius 1 is 1.21 bits per heavy atom. The fourth-order valence-electron chi connectivity index (χ4n) is 1.88. The van der Waals surface area contributed by atoms with Crippen molar-refractivity contribution in [1.29, 1.82) is 0 Å². The van der Waals surface area contributed by atoms with Crippen LogP contribution in [-0.4, -0.2) is 11.4 Å². The van der Waals surface area contributed by atoms with Gasteiger partial charge < -0.3 is 5.73 Å². The summed E-state index contributed by atoms with van der Waals surface area (Å²) < 4.78 is 37.1. The lowest BCUT2D eigenvalue weighted by molar-refractivity contribution is -0.0328. The maximum atomic E-state index is 12.4. The topological polar surface area (TPSA) is 43.1 Å². The molecule has 2 N–H and O–H groups in total. The predicted molar refractivity (Wildman–Crippen MR) is 67.9 cm³/mol. The van der Waals surface area contributed by atoms with Gasteiger partial charge in [-0.3, -0.25) is 4.79 Å². The Hall–Kier alpha value is -1.69. The molecule has 0 aliphatic heterocycles. The molecule has 0 saturated heterocycles. The van der Waals surface area contributed by atoms with Crippen molar-refractivity contribution in [1.82, 2.24) is 0 Å². The molecule has 0 heterocycles. The second-order valence-corrected chi connectivity index (χ2v) is 5.10. The summed E-state index contributed by atoms with van der Waals surface area (Å²) in [6.45, 7) is 0. The van der Waals surface area contributed by atoms with Gasteiger partial charge in [0.2, 0.25) is 5.91 Å². The van der Waals surface area contributed by atoms with Crippen molar-refractivity contribution in [2.75, 3.05) is 0 Å². The van der Waals surface area contributed by atoms with Gasteiger partial charge in [-0.05, 0) is 35.5 Å². The van der Waals surface area contributed by atoms with Crippen LogP contribution in [0.15, 0.2) is 47.4 Å². The van der Waals surface area contributed by atoms with E-state index in [1.165, 1.54) is 18.2 Å². The Morgan fingerprint density at radius 2 is 1.84 bits per heavy atom. The minimum absolute atomic E-state index is 0.0428. The highest BCUT2D eigenvalue weighted by Crippen LogP contribution is 2.39. The molecule has 0 saturated carbocycles. The molecule has 0 aromatic heterocycles. The SMILES string of the molecule is NC(=O)c1ccc(SC(F)(F)F)cc1C1C=CC=C1. The largest absolute Gasteiger partial charge is 0.446 e. The van der Waals surface area contributed by atoms with Crippen molar-refractivity contribution >= 4 is 17.7 Å². The van der Waals surface area contributed by atoms with E-state index < -0.39 is 11.4 Å². The number of allylic oxidation sites excluding steroid dienone is 4. The molecule has 2 rings (SSSR count). The van der Waals surface area contributed by atoms with E-state index >= 15 is 0 Å². The predicted octanol–water partition coefficient (Wildman–Crippen LogP) is 3.61. The summed E-state index contributed by atoms with van der Waals surface area (Å²) >= 11 is -0.206. The van der Waals surface area contributed by atoms with Crippen LogP contribution in [0.1, 0.15) is 21.8 Å². The van der Waals surface area contributed by atoms with Crippen LogP contribution >= 0.6 is 11.8 Å². The molecule has 6 heteroatoms. The van der Waals surface area contributed by atoms with Crippen molar-refractivity contribution < 1.29 is 18.0 Å². The van der Waals surface area contributed by atoms with Crippen LogP contribution in [-0.2, 0) is 0 Å². The summed E-state index contributed by atoms with van der Waals surface area (Å²) in [5.41, 5.74) is 1.62. The zero-order valence-corrected chi connectivity index (χ0v) is 10.5. The third-order valence-corrected chi connectivity index (χ3v) is 3.35. The fourth-order valence-corrected chi connectivity index (χ4v) is 2.47. The molecule has 100 valence electrons.